The molecule has 8 rings (SSSR count). The molecule has 6 aliphatic rings. The Morgan fingerprint density at radius 1 is 1.21 bits per heavy atom. The van der Waals surface area contributed by atoms with Crippen molar-refractivity contribution in [2.75, 3.05) is 61.0 Å². The number of rotatable bonds is 6. The van der Waals surface area contributed by atoms with Gasteiger partial charge in [-0.3, -0.25) is 19.4 Å². The third kappa shape index (κ3) is 3.58. The van der Waals surface area contributed by atoms with Crippen molar-refractivity contribution in [1.82, 2.24) is 20.2 Å². The van der Waals surface area contributed by atoms with Gasteiger partial charge in [-0.15, -0.1) is 0 Å². The topological polar surface area (TPSA) is 114 Å². The lowest BCUT2D eigenvalue weighted by Crippen LogP contribution is -2.78. The molecule has 2 bridgehead atoms. The van der Waals surface area contributed by atoms with Crippen molar-refractivity contribution in [3.63, 3.8) is 0 Å². The van der Waals surface area contributed by atoms with Crippen molar-refractivity contribution in [3.8, 4) is 0 Å². The summed E-state index contributed by atoms with van der Waals surface area (Å²) < 4.78 is 15.2. The number of aromatic nitrogens is 2. The van der Waals surface area contributed by atoms with Gasteiger partial charge in [-0.05, 0) is 49.3 Å². The van der Waals surface area contributed by atoms with Crippen LogP contribution in [0.25, 0.3) is 0 Å². The molecule has 1 aromatic carbocycles. The Balaban J connectivity index is 1.15. The number of nitrogens with zero attached hydrogens (tertiary/aromatic N) is 5. The lowest BCUT2D eigenvalue weighted by molar-refractivity contribution is -0.151. The first-order valence-corrected chi connectivity index (χ1v) is 14.0. The number of nitrogens with one attached hydrogen (secondary N) is 2. The highest BCUT2D eigenvalue weighted by atomic mass is 19.1. The van der Waals surface area contributed by atoms with Crippen LogP contribution in [0.15, 0.2) is 24.4 Å². The zero-order valence-corrected chi connectivity index (χ0v) is 22.1. The lowest BCUT2D eigenvalue weighted by atomic mass is 9.42. The highest BCUT2D eigenvalue weighted by molar-refractivity contribution is 6.15. The van der Waals surface area contributed by atoms with Gasteiger partial charge in [0.05, 0.1) is 17.8 Å². The zero-order valence-electron chi connectivity index (χ0n) is 22.1. The van der Waals surface area contributed by atoms with Crippen LogP contribution in [-0.2, 0) is 16.0 Å². The maximum Gasteiger partial charge on any atom is 0.244 e. The molecule has 2 atom stereocenters. The lowest BCUT2D eigenvalue weighted by Gasteiger charge is -2.71. The van der Waals surface area contributed by atoms with Gasteiger partial charge in [-0.1, -0.05) is 6.92 Å². The van der Waals surface area contributed by atoms with Crippen LogP contribution in [0.4, 0.5) is 27.5 Å². The Kier molecular flexibility index (Phi) is 5.61. The van der Waals surface area contributed by atoms with Gasteiger partial charge >= 0.3 is 0 Å². The van der Waals surface area contributed by atoms with Gasteiger partial charge in [-0.2, -0.15) is 4.98 Å². The predicted octanol–water partition coefficient (Wildman–Crippen LogP) is 1.67. The minimum atomic E-state index is -1.08. The van der Waals surface area contributed by atoms with Crippen molar-refractivity contribution >= 4 is 35.0 Å². The van der Waals surface area contributed by atoms with E-state index in [9.17, 15) is 9.59 Å². The summed E-state index contributed by atoms with van der Waals surface area (Å²) in [7, 11) is 0. The molecule has 0 radical (unpaired) electrons. The van der Waals surface area contributed by atoms with Crippen LogP contribution in [-0.4, -0.2) is 83.2 Å². The zero-order chi connectivity index (χ0) is 26.9. The molecule has 1 spiro atoms. The van der Waals surface area contributed by atoms with Crippen LogP contribution in [0.5, 0.6) is 0 Å². The number of halogens is 1. The van der Waals surface area contributed by atoms with E-state index >= 15 is 4.39 Å². The summed E-state index contributed by atoms with van der Waals surface area (Å²) in [4.78, 5) is 42.2. The maximum absolute atomic E-state index is 15.2. The molecule has 10 nitrogen and oxygen atoms in total. The maximum atomic E-state index is 15.2. The molecule has 3 N–H and O–H groups in total. The molecule has 2 saturated heterocycles. The molecule has 1 aromatic heterocycles. The van der Waals surface area contributed by atoms with Gasteiger partial charge in [0.1, 0.15) is 17.1 Å². The highest BCUT2D eigenvalue weighted by Gasteiger charge is 2.71. The SMILES string of the molecule is C[C@@H]1C2CC1(N1C(=O)[C@]3(CCNC3=O)Cc3cnc(Nc4ccc(N5CCN(CCO)CC5)c(F)c4)nc31)C2. The number of carbonyl (C=O) groups is 2. The number of aliphatic hydroxyl groups is 1. The molecule has 2 amide bonds. The second-order valence-corrected chi connectivity index (χ2v) is 11.9. The number of β-amino-alcohol motifs (C(OH)–C–C–N with tert-alkyl or cyclic N) is 1. The molecule has 2 aromatic rings. The van der Waals surface area contributed by atoms with Crippen LogP contribution in [0.2, 0.25) is 0 Å². The van der Waals surface area contributed by atoms with Gasteiger partial charge in [0.25, 0.3) is 0 Å². The summed E-state index contributed by atoms with van der Waals surface area (Å²) >= 11 is 0. The standard InChI is InChI=1S/C28H34FN7O3/c1-17-18-14-28(17,15-18)36-23-19(13-27(25(36)39)4-5-30-24(27)38)16-31-26(33-23)32-20-2-3-22(21(29)12-20)35-8-6-34(7-9-35)10-11-37/h2-3,12,16-18,37H,4-11,13-15H2,1H3,(H,30,38)(H,31,32,33)/t17-,18?,27-,28?/m1/s1. The molecule has 3 saturated carbocycles. The summed E-state index contributed by atoms with van der Waals surface area (Å²) in [6.45, 7) is 6.39. The Morgan fingerprint density at radius 2 is 2.00 bits per heavy atom. The van der Waals surface area contributed by atoms with E-state index in [2.05, 4.69) is 27.4 Å². The first-order valence-electron chi connectivity index (χ1n) is 14.0. The second kappa shape index (κ2) is 8.85. The Morgan fingerprint density at radius 3 is 2.62 bits per heavy atom. The number of aliphatic hydroxyl groups excluding tert-OH is 1. The number of benzene rings is 1. The van der Waals surface area contributed by atoms with E-state index in [0.29, 0.717) is 74.0 Å². The minimum absolute atomic E-state index is 0.127. The van der Waals surface area contributed by atoms with Crippen LogP contribution in [0, 0.1) is 23.1 Å². The molecule has 11 heteroatoms. The van der Waals surface area contributed by atoms with Gasteiger partial charge in [0.15, 0.2) is 0 Å². The fourth-order valence-corrected chi connectivity index (χ4v) is 7.35. The average Bonchev–Trinajstić information content (AvgIpc) is 3.27. The Bertz CT molecular complexity index is 1340. The van der Waals surface area contributed by atoms with Crippen LogP contribution in [0.3, 0.4) is 0 Å². The molecule has 3 aliphatic heterocycles. The number of hydrogen-bond acceptors (Lipinski definition) is 8. The number of carbonyl (C=O) groups excluding carboxylic acids is 2. The van der Waals surface area contributed by atoms with Gasteiger partial charge in [0.2, 0.25) is 17.8 Å². The molecule has 39 heavy (non-hydrogen) atoms. The normalized spacial score (nSPS) is 31.6. The van der Waals surface area contributed by atoms with Crippen molar-refractivity contribution in [3.05, 3.63) is 35.8 Å². The van der Waals surface area contributed by atoms with Gasteiger partial charge in [-0.25, -0.2) is 9.37 Å². The quantitative estimate of drug-likeness (QED) is 0.479. The molecular formula is C28H34FN7O3. The first-order chi connectivity index (χ1) is 18.8. The Hall–Kier alpha value is -3.31. The number of anilines is 4. The fourth-order valence-electron chi connectivity index (χ4n) is 7.35. The number of fused-ring (bicyclic) bond motifs is 1. The molecule has 5 fully saturated rings. The van der Waals surface area contributed by atoms with Crippen molar-refractivity contribution < 1.29 is 19.1 Å². The van der Waals surface area contributed by atoms with E-state index in [4.69, 9.17) is 10.1 Å². The molecule has 206 valence electrons. The monoisotopic (exact) mass is 535 g/mol. The van der Waals surface area contributed by atoms with E-state index in [1.54, 1.807) is 12.3 Å². The average molecular weight is 536 g/mol. The molecular weight excluding hydrogens is 501 g/mol. The highest BCUT2D eigenvalue weighted by Crippen LogP contribution is 2.67. The van der Waals surface area contributed by atoms with Crippen molar-refractivity contribution in [1.29, 1.82) is 0 Å². The summed E-state index contributed by atoms with van der Waals surface area (Å²) in [5.41, 5.74) is 0.506. The molecule has 0 unspecified atom stereocenters. The van der Waals surface area contributed by atoms with Crippen LogP contribution < -0.4 is 20.4 Å². The van der Waals surface area contributed by atoms with Crippen molar-refractivity contribution in [2.24, 2.45) is 17.3 Å². The molecule has 3 aliphatic carbocycles. The van der Waals surface area contributed by atoms with E-state index in [0.717, 1.165) is 31.5 Å². The predicted molar refractivity (Wildman–Crippen MR) is 143 cm³/mol. The van der Waals surface area contributed by atoms with E-state index in [1.165, 1.54) is 6.07 Å². The van der Waals surface area contributed by atoms with Gasteiger partial charge < -0.3 is 20.6 Å². The summed E-state index contributed by atoms with van der Waals surface area (Å²) in [5.74, 6) is 1.18. The summed E-state index contributed by atoms with van der Waals surface area (Å²) in [6, 6.07) is 5.02. The summed E-state index contributed by atoms with van der Waals surface area (Å²) in [5, 5.41) is 15.1. The van der Waals surface area contributed by atoms with Crippen LogP contribution >= 0.6 is 0 Å². The van der Waals surface area contributed by atoms with E-state index in [-0.39, 0.29) is 29.8 Å². The fraction of sp³-hybridized carbons (Fsp3) is 0.571. The Labute approximate surface area is 226 Å². The second-order valence-electron chi connectivity index (χ2n) is 11.9. The van der Waals surface area contributed by atoms with E-state index < -0.39 is 5.41 Å². The van der Waals surface area contributed by atoms with Crippen molar-refractivity contribution in [2.45, 2.75) is 38.1 Å². The third-order valence-electron chi connectivity index (χ3n) is 9.99. The number of hydrogen-bond donors (Lipinski definition) is 3. The third-order valence-corrected chi connectivity index (χ3v) is 9.99. The number of amides is 2. The minimum Gasteiger partial charge on any atom is -0.395 e. The van der Waals surface area contributed by atoms with Crippen LogP contribution in [0.1, 0.15) is 31.7 Å². The summed E-state index contributed by atoms with van der Waals surface area (Å²) in [6.07, 6.45) is 4.36. The van der Waals surface area contributed by atoms with E-state index in [1.807, 2.05) is 15.9 Å². The van der Waals surface area contributed by atoms with Gasteiger partial charge in [0, 0.05) is 63.1 Å². The molecule has 4 heterocycles. The smallest absolute Gasteiger partial charge is 0.244 e. The number of piperazine rings is 1. The largest absolute Gasteiger partial charge is 0.395 e. The first kappa shape index (κ1) is 24.7.